The third-order valence-electron chi connectivity index (χ3n) is 2.35. The SMILES string of the molecule is O=c1[nH]cnc(C2CCC2)c1O. The fourth-order valence-electron chi connectivity index (χ4n) is 1.39. The molecule has 12 heavy (non-hydrogen) atoms. The van der Waals surface area contributed by atoms with E-state index in [0.717, 1.165) is 12.8 Å². The van der Waals surface area contributed by atoms with Crippen molar-refractivity contribution in [2.24, 2.45) is 0 Å². The molecule has 0 amide bonds. The number of aromatic amines is 1. The van der Waals surface area contributed by atoms with Crippen LogP contribution < -0.4 is 5.56 Å². The summed E-state index contributed by atoms with van der Waals surface area (Å²) in [5.41, 5.74) is 0.122. The van der Waals surface area contributed by atoms with Crippen molar-refractivity contribution in [3.05, 3.63) is 22.4 Å². The van der Waals surface area contributed by atoms with E-state index < -0.39 is 5.56 Å². The fourth-order valence-corrected chi connectivity index (χ4v) is 1.39. The zero-order valence-corrected chi connectivity index (χ0v) is 6.58. The van der Waals surface area contributed by atoms with E-state index in [4.69, 9.17) is 0 Å². The lowest BCUT2D eigenvalue weighted by atomic mass is 9.82. The smallest absolute Gasteiger partial charge is 0.293 e. The quantitative estimate of drug-likeness (QED) is 0.646. The minimum Gasteiger partial charge on any atom is -0.502 e. The van der Waals surface area contributed by atoms with Crippen LogP contribution in [-0.2, 0) is 0 Å². The highest BCUT2D eigenvalue weighted by atomic mass is 16.3. The highest BCUT2D eigenvalue weighted by molar-refractivity contribution is 5.26. The minimum absolute atomic E-state index is 0.206. The molecule has 1 aromatic heterocycles. The van der Waals surface area contributed by atoms with Crippen LogP contribution in [0.5, 0.6) is 5.75 Å². The number of nitrogens with one attached hydrogen (secondary N) is 1. The molecule has 0 bridgehead atoms. The van der Waals surface area contributed by atoms with Gasteiger partial charge in [0.25, 0.3) is 5.56 Å². The Balaban J connectivity index is 2.42. The van der Waals surface area contributed by atoms with Gasteiger partial charge >= 0.3 is 0 Å². The summed E-state index contributed by atoms with van der Waals surface area (Å²) in [6.45, 7) is 0. The molecule has 0 atom stereocenters. The van der Waals surface area contributed by atoms with Gasteiger partial charge in [0.05, 0.1) is 12.0 Å². The van der Waals surface area contributed by atoms with E-state index >= 15 is 0 Å². The highest BCUT2D eigenvalue weighted by Gasteiger charge is 2.24. The Morgan fingerprint density at radius 1 is 1.58 bits per heavy atom. The van der Waals surface area contributed by atoms with Crippen LogP contribution >= 0.6 is 0 Å². The zero-order chi connectivity index (χ0) is 8.55. The summed E-state index contributed by atoms with van der Waals surface area (Å²) >= 11 is 0. The Morgan fingerprint density at radius 3 is 2.92 bits per heavy atom. The van der Waals surface area contributed by atoms with Crippen LogP contribution in [0, 0.1) is 0 Å². The first kappa shape index (κ1) is 7.34. The van der Waals surface area contributed by atoms with Crippen LogP contribution in [0.2, 0.25) is 0 Å². The topological polar surface area (TPSA) is 66.0 Å². The summed E-state index contributed by atoms with van der Waals surface area (Å²) in [7, 11) is 0. The van der Waals surface area contributed by atoms with Crippen molar-refractivity contribution in [3.8, 4) is 5.75 Å². The number of hydrogen-bond donors (Lipinski definition) is 2. The average Bonchev–Trinajstić information content (AvgIpc) is 1.95. The van der Waals surface area contributed by atoms with E-state index in [-0.39, 0.29) is 5.75 Å². The molecule has 1 aliphatic rings. The maximum Gasteiger partial charge on any atom is 0.293 e. The first-order valence-corrected chi connectivity index (χ1v) is 4.05. The van der Waals surface area contributed by atoms with E-state index in [0.29, 0.717) is 11.6 Å². The molecule has 1 fully saturated rings. The Morgan fingerprint density at radius 2 is 2.33 bits per heavy atom. The molecule has 4 nitrogen and oxygen atoms in total. The van der Waals surface area contributed by atoms with Crippen molar-refractivity contribution < 1.29 is 5.11 Å². The number of hydrogen-bond acceptors (Lipinski definition) is 3. The lowest BCUT2D eigenvalue weighted by Crippen LogP contribution is -2.16. The van der Waals surface area contributed by atoms with Crippen molar-refractivity contribution in [3.63, 3.8) is 0 Å². The Hall–Kier alpha value is -1.32. The first-order valence-electron chi connectivity index (χ1n) is 4.05. The highest BCUT2D eigenvalue weighted by Crippen LogP contribution is 2.37. The Bertz CT molecular complexity index is 341. The zero-order valence-electron chi connectivity index (χ0n) is 6.58. The summed E-state index contributed by atoms with van der Waals surface area (Å²) in [6, 6.07) is 0. The summed E-state index contributed by atoms with van der Waals surface area (Å²) in [5.74, 6) is 0.0921. The van der Waals surface area contributed by atoms with Crippen molar-refractivity contribution in [1.82, 2.24) is 9.97 Å². The first-order chi connectivity index (χ1) is 5.79. The van der Waals surface area contributed by atoms with Gasteiger partial charge in [-0.1, -0.05) is 6.42 Å². The van der Waals surface area contributed by atoms with Gasteiger partial charge in [0.1, 0.15) is 0 Å². The monoisotopic (exact) mass is 166 g/mol. The summed E-state index contributed by atoms with van der Waals surface area (Å²) in [6.07, 6.45) is 4.57. The second kappa shape index (κ2) is 2.62. The minimum atomic E-state index is -0.438. The molecule has 4 heteroatoms. The van der Waals surface area contributed by atoms with Gasteiger partial charge in [0.2, 0.25) is 5.75 Å². The van der Waals surface area contributed by atoms with Crippen molar-refractivity contribution in [2.45, 2.75) is 25.2 Å². The van der Waals surface area contributed by atoms with Crippen molar-refractivity contribution in [2.75, 3.05) is 0 Å². The fraction of sp³-hybridized carbons (Fsp3) is 0.500. The van der Waals surface area contributed by atoms with E-state index in [1.165, 1.54) is 12.7 Å². The van der Waals surface area contributed by atoms with Crippen LogP contribution in [0.15, 0.2) is 11.1 Å². The van der Waals surface area contributed by atoms with Crippen molar-refractivity contribution >= 4 is 0 Å². The molecule has 1 saturated carbocycles. The molecule has 0 spiro atoms. The van der Waals surface area contributed by atoms with E-state index in [1.807, 2.05) is 0 Å². The van der Waals surface area contributed by atoms with E-state index in [1.54, 1.807) is 0 Å². The standard InChI is InChI=1S/C8H10N2O2/c11-7-6(5-2-1-3-5)9-4-10-8(7)12/h4-5,11H,1-3H2,(H,9,10,12). The van der Waals surface area contributed by atoms with Gasteiger partial charge < -0.3 is 10.1 Å². The number of aromatic nitrogens is 2. The molecule has 0 saturated heterocycles. The molecule has 0 unspecified atom stereocenters. The van der Waals surface area contributed by atoms with E-state index in [2.05, 4.69) is 9.97 Å². The Labute approximate surface area is 69.3 Å². The molecule has 0 aliphatic heterocycles. The second-order valence-electron chi connectivity index (χ2n) is 3.09. The molecule has 0 radical (unpaired) electrons. The molecular weight excluding hydrogens is 156 g/mol. The summed E-state index contributed by atoms with van der Waals surface area (Å²) < 4.78 is 0. The largest absolute Gasteiger partial charge is 0.502 e. The molecule has 1 heterocycles. The number of H-pyrrole nitrogens is 1. The van der Waals surface area contributed by atoms with Gasteiger partial charge in [-0.05, 0) is 12.8 Å². The lowest BCUT2D eigenvalue weighted by Gasteiger charge is -2.24. The maximum atomic E-state index is 10.9. The molecule has 64 valence electrons. The van der Waals surface area contributed by atoms with Gasteiger partial charge in [-0.2, -0.15) is 0 Å². The number of nitrogens with zero attached hydrogens (tertiary/aromatic N) is 1. The normalized spacial score (nSPS) is 17.3. The summed E-state index contributed by atoms with van der Waals surface area (Å²) in [5, 5.41) is 9.33. The van der Waals surface area contributed by atoms with Gasteiger partial charge in [-0.3, -0.25) is 4.79 Å². The average molecular weight is 166 g/mol. The van der Waals surface area contributed by atoms with Gasteiger partial charge in [0.15, 0.2) is 0 Å². The number of rotatable bonds is 1. The van der Waals surface area contributed by atoms with Gasteiger partial charge in [-0.15, -0.1) is 0 Å². The molecule has 2 rings (SSSR count). The predicted molar refractivity (Wildman–Crippen MR) is 43.1 cm³/mol. The van der Waals surface area contributed by atoms with Crippen molar-refractivity contribution in [1.29, 1.82) is 0 Å². The molecule has 1 aliphatic carbocycles. The predicted octanol–water partition coefficient (Wildman–Crippen LogP) is 0.743. The van der Waals surface area contributed by atoms with Gasteiger partial charge in [-0.25, -0.2) is 4.98 Å². The third kappa shape index (κ3) is 0.995. The summed E-state index contributed by atoms with van der Waals surface area (Å²) in [4.78, 5) is 17.2. The second-order valence-corrected chi connectivity index (χ2v) is 3.09. The maximum absolute atomic E-state index is 10.9. The Kier molecular flexibility index (Phi) is 1.60. The van der Waals surface area contributed by atoms with Gasteiger partial charge in [0, 0.05) is 5.92 Å². The van der Waals surface area contributed by atoms with Crippen LogP contribution in [0.25, 0.3) is 0 Å². The van der Waals surface area contributed by atoms with Crippen LogP contribution in [-0.4, -0.2) is 15.1 Å². The molecule has 1 aromatic rings. The molecule has 2 N–H and O–H groups in total. The van der Waals surface area contributed by atoms with E-state index in [9.17, 15) is 9.90 Å². The van der Waals surface area contributed by atoms with Crippen LogP contribution in [0.1, 0.15) is 30.9 Å². The lowest BCUT2D eigenvalue weighted by molar-refractivity contribution is 0.379. The van der Waals surface area contributed by atoms with Crippen LogP contribution in [0.3, 0.4) is 0 Å². The third-order valence-corrected chi connectivity index (χ3v) is 2.35. The molecule has 0 aromatic carbocycles. The number of aromatic hydroxyl groups is 1. The molecular formula is C8H10N2O2. The van der Waals surface area contributed by atoms with Crippen LogP contribution in [0.4, 0.5) is 0 Å².